The average molecular weight is 896 g/mol. The van der Waals surface area contributed by atoms with Crippen molar-refractivity contribution in [2.24, 2.45) is 0 Å². The van der Waals surface area contributed by atoms with Crippen LogP contribution in [0.3, 0.4) is 0 Å². The van der Waals surface area contributed by atoms with Crippen molar-refractivity contribution in [2.45, 2.75) is 75.5 Å². The summed E-state index contributed by atoms with van der Waals surface area (Å²) in [4.78, 5) is 57.5. The minimum atomic E-state index is -1.09. The van der Waals surface area contributed by atoms with Crippen LogP contribution in [0.15, 0.2) is 60.7 Å². The minimum absolute atomic E-state index is 0.149. The smallest absolute Gasteiger partial charge is 0.262 e. The van der Waals surface area contributed by atoms with Crippen LogP contribution >= 0.6 is 45.9 Å². The topological polar surface area (TPSA) is 141 Å². The van der Waals surface area contributed by atoms with Crippen molar-refractivity contribution in [3.63, 3.8) is 0 Å². The highest BCUT2D eigenvalue weighted by Crippen LogP contribution is 2.30. The number of halogens is 2. The molecule has 0 radical (unpaired) electrons. The molecule has 2 aromatic heterocycles. The Morgan fingerprint density at radius 2 is 1.05 bits per heavy atom. The molecule has 4 amide bonds. The van der Waals surface area contributed by atoms with Gasteiger partial charge in [0.1, 0.15) is 11.1 Å². The van der Waals surface area contributed by atoms with Gasteiger partial charge >= 0.3 is 0 Å². The first-order valence-corrected chi connectivity index (χ1v) is 22.7. The molecule has 0 unspecified atom stereocenters. The van der Waals surface area contributed by atoms with E-state index in [1.165, 1.54) is 44.9 Å². The van der Waals surface area contributed by atoms with Gasteiger partial charge in [-0.3, -0.25) is 19.2 Å². The van der Waals surface area contributed by atoms with E-state index < -0.39 is 11.1 Å². The number of amides is 4. The van der Waals surface area contributed by atoms with Gasteiger partial charge in [-0.15, -0.1) is 22.7 Å². The average Bonchev–Trinajstić information content (AvgIpc) is 4.05. The summed E-state index contributed by atoms with van der Waals surface area (Å²) >= 11 is 14.3. The predicted octanol–water partition coefficient (Wildman–Crippen LogP) is 6.70. The third-order valence-corrected chi connectivity index (χ3v) is 14.6. The van der Waals surface area contributed by atoms with Crippen molar-refractivity contribution < 1.29 is 28.7 Å². The molecule has 4 aromatic rings. The lowest BCUT2D eigenvalue weighted by atomic mass is 9.96. The van der Waals surface area contributed by atoms with Gasteiger partial charge in [0.25, 0.3) is 23.6 Å². The van der Waals surface area contributed by atoms with Gasteiger partial charge < -0.3 is 40.5 Å². The maximum absolute atomic E-state index is 13.2. The molecule has 2 saturated heterocycles. The number of thiophene rings is 2. The van der Waals surface area contributed by atoms with E-state index in [0.717, 1.165) is 50.1 Å². The van der Waals surface area contributed by atoms with Crippen LogP contribution in [0, 0.1) is 0 Å². The second-order valence-corrected chi connectivity index (χ2v) is 19.8. The van der Waals surface area contributed by atoms with Gasteiger partial charge in [0.2, 0.25) is 0 Å². The van der Waals surface area contributed by atoms with E-state index in [1.54, 1.807) is 24.3 Å². The van der Waals surface area contributed by atoms with Crippen molar-refractivity contribution >= 4 is 80.9 Å². The third-order valence-electron chi connectivity index (χ3n) is 12.1. The lowest BCUT2D eigenvalue weighted by Crippen LogP contribution is -2.57. The van der Waals surface area contributed by atoms with E-state index in [-0.39, 0.29) is 36.8 Å². The van der Waals surface area contributed by atoms with Crippen molar-refractivity contribution in [2.75, 3.05) is 64.2 Å². The predicted molar refractivity (Wildman–Crippen MR) is 239 cm³/mol. The van der Waals surface area contributed by atoms with E-state index in [1.807, 2.05) is 12.1 Å². The van der Waals surface area contributed by atoms with Crippen LogP contribution in [0.4, 0.5) is 11.4 Å². The van der Waals surface area contributed by atoms with E-state index >= 15 is 0 Å². The maximum atomic E-state index is 13.2. The number of nitrogens with zero attached hydrogens (tertiary/aromatic N) is 2. The van der Waals surface area contributed by atoms with Gasteiger partial charge in [-0.2, -0.15) is 0 Å². The summed E-state index contributed by atoms with van der Waals surface area (Å²) in [6.07, 6.45) is 4.75. The summed E-state index contributed by atoms with van der Waals surface area (Å²) in [5.74, 6) is -1.14. The van der Waals surface area contributed by atoms with Crippen LogP contribution in [0.5, 0.6) is 0 Å². The summed E-state index contributed by atoms with van der Waals surface area (Å²) in [6, 6.07) is 19.8. The largest absolute Gasteiger partial charge is 0.378 e. The summed E-state index contributed by atoms with van der Waals surface area (Å²) in [5, 5.41) is 11.8. The Balaban J connectivity index is 0.000000181. The molecule has 4 N–H and O–H groups in total. The Hall–Kier alpha value is -3.86. The van der Waals surface area contributed by atoms with Crippen molar-refractivity contribution in [3.05, 3.63) is 101 Å². The fourth-order valence-electron chi connectivity index (χ4n) is 7.99. The molecule has 12 nitrogen and oxygen atoms in total. The van der Waals surface area contributed by atoms with Crippen LogP contribution in [-0.2, 0) is 44.7 Å². The van der Waals surface area contributed by atoms with E-state index in [9.17, 15) is 19.2 Å². The van der Waals surface area contributed by atoms with Gasteiger partial charge in [0.05, 0.1) is 31.6 Å². The van der Waals surface area contributed by atoms with Crippen LogP contribution < -0.4 is 21.3 Å². The quantitative estimate of drug-likeness (QED) is 0.153. The zero-order chi connectivity index (χ0) is 42.6. The number of benzene rings is 2. The lowest BCUT2D eigenvalue weighted by Gasteiger charge is -2.27. The molecule has 2 fully saturated rings. The molecule has 4 aliphatic heterocycles. The molecule has 0 aliphatic carbocycles. The molecular weight excluding hydrogens is 844 g/mol. The summed E-state index contributed by atoms with van der Waals surface area (Å²) in [6.45, 7) is 7.64. The van der Waals surface area contributed by atoms with Crippen molar-refractivity contribution in [3.8, 4) is 0 Å². The summed E-state index contributed by atoms with van der Waals surface area (Å²) in [7, 11) is 4.29. The minimum Gasteiger partial charge on any atom is -0.378 e. The zero-order valence-electron chi connectivity index (χ0n) is 34.3. The van der Waals surface area contributed by atoms with E-state index in [0.29, 0.717) is 56.6 Å². The van der Waals surface area contributed by atoms with Crippen molar-refractivity contribution in [1.82, 2.24) is 20.4 Å². The van der Waals surface area contributed by atoms with Gasteiger partial charge in [-0.05, 0) is 124 Å². The van der Waals surface area contributed by atoms with Gasteiger partial charge in [0, 0.05) is 62.6 Å². The molecule has 2 aromatic carbocycles. The molecule has 16 heteroatoms. The fourth-order valence-corrected chi connectivity index (χ4v) is 9.87. The number of carbonyl (C=O) groups is 4. The first kappa shape index (κ1) is 44.2. The molecule has 320 valence electrons. The number of fused-ring (bicyclic) bond motifs is 2. The fraction of sp³-hybridized carbons (Fsp3) is 0.455. The van der Waals surface area contributed by atoms with Crippen LogP contribution in [0.1, 0.15) is 68.3 Å². The molecular formula is C44H52Cl2N6O6S2. The van der Waals surface area contributed by atoms with Gasteiger partial charge in [-0.25, -0.2) is 0 Å². The van der Waals surface area contributed by atoms with Crippen LogP contribution in [0.2, 0.25) is 8.67 Å². The number of nitrogens with one attached hydrogen (secondary N) is 4. The van der Waals surface area contributed by atoms with Gasteiger partial charge in [0.15, 0.2) is 0 Å². The molecule has 0 spiro atoms. The first-order chi connectivity index (χ1) is 28.7. The van der Waals surface area contributed by atoms with Gasteiger partial charge in [-0.1, -0.05) is 35.3 Å². The molecule has 60 heavy (non-hydrogen) atoms. The number of rotatable bonds is 8. The van der Waals surface area contributed by atoms with E-state index in [4.69, 9.17) is 32.7 Å². The zero-order valence-corrected chi connectivity index (χ0v) is 37.5. The monoisotopic (exact) mass is 894 g/mol. The number of hydrogen-bond acceptors (Lipinski definition) is 10. The standard InChI is InChI=1S/2C22H26ClN3O3S/c2*1-14-11-16-12-17(4-3-15(16)7-9-26(14)2)24-21(28)22(8-10-29-13-22)25-20(27)18-5-6-19(23)30-18/h2*3-6,12,14H,7-11,13H2,1-2H3,(H,24,28)(H,25,27)/t14-,22+;14-,22-/m10/s1. The second kappa shape index (κ2) is 19.0. The Morgan fingerprint density at radius 3 is 1.40 bits per heavy atom. The Labute approximate surface area is 369 Å². The maximum Gasteiger partial charge on any atom is 0.262 e. The van der Waals surface area contributed by atoms with Crippen LogP contribution in [-0.4, -0.2) is 110 Å². The molecule has 4 aliphatic rings. The number of likely N-dealkylation sites (N-methyl/N-ethyl adjacent to an activating group) is 2. The second-order valence-electron chi connectivity index (χ2n) is 16.3. The summed E-state index contributed by atoms with van der Waals surface area (Å²) in [5.41, 5.74) is 4.49. The molecule has 8 rings (SSSR count). The Bertz CT molecular complexity index is 2060. The highest BCUT2D eigenvalue weighted by molar-refractivity contribution is 7.18. The van der Waals surface area contributed by atoms with E-state index in [2.05, 4.69) is 83.3 Å². The summed E-state index contributed by atoms with van der Waals surface area (Å²) < 4.78 is 12.0. The number of anilines is 2. The highest BCUT2D eigenvalue weighted by Gasteiger charge is 2.45. The molecule has 4 atom stereocenters. The number of carbonyl (C=O) groups excluding carboxylic acids is 4. The highest BCUT2D eigenvalue weighted by atomic mass is 35.5. The molecule has 0 saturated carbocycles. The Morgan fingerprint density at radius 1 is 0.633 bits per heavy atom. The third kappa shape index (κ3) is 10.2. The SMILES string of the molecule is C[C@@H]1Cc2cc(NC(=O)[C@]3(NC(=O)c4ccc(Cl)s4)CCOC3)ccc2CCN1C.C[C@H]1Cc2cc(NC(=O)[C@]3(NC(=O)c4ccc(Cl)s4)CCOC3)ccc2CCN1C. The molecule has 0 bridgehead atoms. The van der Waals surface area contributed by atoms with Crippen molar-refractivity contribution in [1.29, 1.82) is 0 Å². The molecule has 6 heterocycles. The Kier molecular flexibility index (Phi) is 14.0. The number of ether oxygens (including phenoxy) is 2. The lowest BCUT2D eigenvalue weighted by molar-refractivity contribution is -0.122. The first-order valence-electron chi connectivity index (χ1n) is 20.3. The normalized spacial score (nSPS) is 24.2. The number of hydrogen-bond donors (Lipinski definition) is 4. The van der Waals surface area contributed by atoms with Crippen LogP contribution in [0.25, 0.3) is 0 Å².